The molecule has 1 fully saturated rings. The van der Waals surface area contributed by atoms with Gasteiger partial charge in [0.2, 0.25) is 0 Å². The van der Waals surface area contributed by atoms with Crippen LogP contribution in [0.2, 0.25) is 0 Å². The van der Waals surface area contributed by atoms with Crippen LogP contribution in [0.4, 0.5) is 10.1 Å². The molecule has 0 radical (unpaired) electrons. The predicted octanol–water partition coefficient (Wildman–Crippen LogP) is 0.998. The minimum atomic E-state index is -0.483. The molecular weight excluding hydrogens is 221 g/mol. The first-order valence-electron chi connectivity index (χ1n) is 5.40. The van der Waals surface area contributed by atoms with Crippen molar-refractivity contribution in [3.05, 3.63) is 30.1 Å². The molecule has 5 heteroatoms. The number of hydrogen-bond acceptors (Lipinski definition) is 3. The Bertz CT molecular complexity index is 444. The predicted molar refractivity (Wildman–Crippen MR) is 60.8 cm³/mol. The van der Waals surface area contributed by atoms with Gasteiger partial charge in [-0.3, -0.25) is 4.79 Å². The van der Waals surface area contributed by atoms with Crippen LogP contribution in [0.3, 0.4) is 0 Å². The Morgan fingerprint density at radius 1 is 1.18 bits per heavy atom. The Morgan fingerprint density at radius 3 is 2.29 bits per heavy atom. The topological polar surface area (TPSA) is 47.3 Å². The fourth-order valence-corrected chi connectivity index (χ4v) is 1.89. The molecule has 0 bridgehead atoms. The van der Waals surface area contributed by atoms with Crippen molar-refractivity contribution in [1.82, 2.24) is 4.90 Å². The van der Waals surface area contributed by atoms with Crippen molar-refractivity contribution in [2.45, 2.75) is 0 Å². The molecule has 0 aromatic heterocycles. The van der Waals surface area contributed by atoms with E-state index in [0.717, 1.165) is 5.69 Å². The summed E-state index contributed by atoms with van der Waals surface area (Å²) in [6, 6.07) is 7.89. The van der Waals surface area contributed by atoms with Crippen LogP contribution in [-0.2, 0) is 4.79 Å². The van der Waals surface area contributed by atoms with E-state index in [-0.39, 0.29) is 5.82 Å². The zero-order valence-corrected chi connectivity index (χ0v) is 9.27. The maximum atomic E-state index is 12.8. The first kappa shape index (κ1) is 11.4. The molecule has 1 aliphatic rings. The Morgan fingerprint density at radius 2 is 1.76 bits per heavy atom. The van der Waals surface area contributed by atoms with Gasteiger partial charge >= 0.3 is 5.91 Å². The molecule has 0 aliphatic carbocycles. The van der Waals surface area contributed by atoms with Crippen molar-refractivity contribution >= 4 is 11.6 Å². The monoisotopic (exact) mass is 233 g/mol. The molecule has 2 rings (SSSR count). The quantitative estimate of drug-likeness (QED) is 0.680. The Hall–Kier alpha value is -2.09. The molecule has 88 valence electrons. The smallest absolute Gasteiger partial charge is 0.325 e. The molecule has 4 nitrogen and oxygen atoms in total. The van der Waals surface area contributed by atoms with Gasteiger partial charge in [-0.15, -0.1) is 0 Å². The number of nitriles is 1. The van der Waals surface area contributed by atoms with Gasteiger partial charge in [0.1, 0.15) is 5.82 Å². The summed E-state index contributed by atoms with van der Waals surface area (Å²) in [4.78, 5) is 14.7. The number of carbonyl (C=O) groups excluding carboxylic acids is 1. The number of hydrogen-bond donors (Lipinski definition) is 0. The van der Waals surface area contributed by atoms with Crippen molar-refractivity contribution in [2.24, 2.45) is 0 Å². The van der Waals surface area contributed by atoms with E-state index in [1.807, 2.05) is 0 Å². The van der Waals surface area contributed by atoms with Crippen LogP contribution >= 0.6 is 0 Å². The van der Waals surface area contributed by atoms with E-state index in [2.05, 4.69) is 4.90 Å². The van der Waals surface area contributed by atoms with Gasteiger partial charge in [-0.25, -0.2) is 4.39 Å². The molecule has 1 saturated heterocycles. The van der Waals surface area contributed by atoms with Gasteiger partial charge in [0.25, 0.3) is 0 Å². The summed E-state index contributed by atoms with van der Waals surface area (Å²) in [6.45, 7) is 2.39. The van der Waals surface area contributed by atoms with Gasteiger partial charge in [-0.2, -0.15) is 5.26 Å². The van der Waals surface area contributed by atoms with Crippen LogP contribution in [0.1, 0.15) is 0 Å². The summed E-state index contributed by atoms with van der Waals surface area (Å²) in [6.07, 6.45) is 0. The van der Waals surface area contributed by atoms with E-state index in [1.165, 1.54) is 17.0 Å². The maximum Gasteiger partial charge on any atom is 0.325 e. The van der Waals surface area contributed by atoms with Gasteiger partial charge in [0.15, 0.2) is 6.07 Å². The second-order valence-corrected chi connectivity index (χ2v) is 3.87. The van der Waals surface area contributed by atoms with E-state index >= 15 is 0 Å². The normalized spacial score (nSPS) is 15.5. The van der Waals surface area contributed by atoms with Crippen molar-refractivity contribution in [2.75, 3.05) is 31.1 Å². The van der Waals surface area contributed by atoms with Crippen molar-refractivity contribution in [3.8, 4) is 6.07 Å². The third-order valence-corrected chi connectivity index (χ3v) is 2.85. The summed E-state index contributed by atoms with van der Waals surface area (Å²) in [7, 11) is 0. The second kappa shape index (κ2) is 4.83. The number of piperazine rings is 1. The van der Waals surface area contributed by atoms with Gasteiger partial charge in [-0.05, 0) is 24.3 Å². The summed E-state index contributed by atoms with van der Waals surface area (Å²) in [5.41, 5.74) is 0.940. The van der Waals surface area contributed by atoms with Crippen LogP contribution < -0.4 is 4.90 Å². The SMILES string of the molecule is N#CC(=O)N1CCN(c2ccc(F)cc2)CC1. The van der Waals surface area contributed by atoms with E-state index in [9.17, 15) is 9.18 Å². The largest absolute Gasteiger partial charge is 0.368 e. The number of rotatable bonds is 1. The van der Waals surface area contributed by atoms with E-state index in [4.69, 9.17) is 5.26 Å². The standard InChI is InChI=1S/C12H12FN3O/c13-10-1-3-11(4-2-10)15-5-7-16(8-6-15)12(17)9-14/h1-4H,5-8H2. The molecule has 0 saturated carbocycles. The van der Waals surface area contributed by atoms with Crippen LogP contribution in [0.15, 0.2) is 24.3 Å². The third-order valence-electron chi connectivity index (χ3n) is 2.85. The lowest BCUT2D eigenvalue weighted by Gasteiger charge is -2.34. The summed E-state index contributed by atoms with van der Waals surface area (Å²) in [5.74, 6) is -0.740. The summed E-state index contributed by atoms with van der Waals surface area (Å²) >= 11 is 0. The molecule has 0 atom stereocenters. The van der Waals surface area contributed by atoms with E-state index in [1.54, 1.807) is 18.2 Å². The van der Waals surface area contributed by atoms with Crippen LogP contribution in [0, 0.1) is 17.1 Å². The van der Waals surface area contributed by atoms with Gasteiger partial charge in [-0.1, -0.05) is 0 Å². The zero-order chi connectivity index (χ0) is 12.3. The highest BCUT2D eigenvalue weighted by Crippen LogP contribution is 2.16. The molecule has 0 spiro atoms. The van der Waals surface area contributed by atoms with Crippen molar-refractivity contribution < 1.29 is 9.18 Å². The highest BCUT2D eigenvalue weighted by atomic mass is 19.1. The average molecular weight is 233 g/mol. The summed E-state index contributed by atoms with van der Waals surface area (Å²) < 4.78 is 12.8. The Labute approximate surface area is 98.9 Å². The Balaban J connectivity index is 1.98. The van der Waals surface area contributed by atoms with E-state index in [0.29, 0.717) is 26.2 Å². The minimum absolute atomic E-state index is 0.257. The molecule has 1 aliphatic heterocycles. The molecule has 0 unspecified atom stereocenters. The van der Waals surface area contributed by atoms with E-state index < -0.39 is 5.91 Å². The second-order valence-electron chi connectivity index (χ2n) is 3.87. The lowest BCUT2D eigenvalue weighted by molar-refractivity contribution is -0.125. The average Bonchev–Trinajstić information content (AvgIpc) is 2.39. The molecule has 1 amide bonds. The molecule has 17 heavy (non-hydrogen) atoms. The molecule has 0 N–H and O–H groups in total. The summed E-state index contributed by atoms with van der Waals surface area (Å²) in [5, 5.41) is 8.50. The lowest BCUT2D eigenvalue weighted by Crippen LogP contribution is -2.48. The van der Waals surface area contributed by atoms with Gasteiger partial charge in [0, 0.05) is 31.9 Å². The lowest BCUT2D eigenvalue weighted by atomic mass is 10.2. The number of anilines is 1. The van der Waals surface area contributed by atoms with Gasteiger partial charge in [0.05, 0.1) is 0 Å². The molecular formula is C12H12FN3O. The molecule has 1 aromatic rings. The first-order chi connectivity index (χ1) is 8.20. The zero-order valence-electron chi connectivity index (χ0n) is 9.27. The number of benzene rings is 1. The third kappa shape index (κ3) is 2.53. The molecule has 1 heterocycles. The highest BCUT2D eigenvalue weighted by Gasteiger charge is 2.20. The van der Waals surface area contributed by atoms with Crippen LogP contribution in [0.25, 0.3) is 0 Å². The van der Waals surface area contributed by atoms with Crippen molar-refractivity contribution in [3.63, 3.8) is 0 Å². The first-order valence-corrected chi connectivity index (χ1v) is 5.40. The fraction of sp³-hybridized carbons (Fsp3) is 0.333. The number of carbonyl (C=O) groups is 1. The van der Waals surface area contributed by atoms with Gasteiger partial charge < -0.3 is 9.80 Å². The number of nitrogens with zero attached hydrogens (tertiary/aromatic N) is 3. The minimum Gasteiger partial charge on any atom is -0.368 e. The molecule has 1 aromatic carbocycles. The Kier molecular flexibility index (Phi) is 3.24. The number of amides is 1. The van der Waals surface area contributed by atoms with Crippen LogP contribution in [-0.4, -0.2) is 37.0 Å². The number of halogens is 1. The van der Waals surface area contributed by atoms with Crippen molar-refractivity contribution in [1.29, 1.82) is 5.26 Å². The van der Waals surface area contributed by atoms with Crippen LogP contribution in [0.5, 0.6) is 0 Å². The maximum absolute atomic E-state index is 12.8. The fourth-order valence-electron chi connectivity index (χ4n) is 1.89. The highest BCUT2D eigenvalue weighted by molar-refractivity contribution is 5.91.